The zero-order valence-corrected chi connectivity index (χ0v) is 13.5. The van der Waals surface area contributed by atoms with E-state index in [9.17, 15) is 17.6 Å². The van der Waals surface area contributed by atoms with Crippen molar-refractivity contribution < 1.29 is 17.6 Å². The van der Waals surface area contributed by atoms with Crippen LogP contribution in [-0.4, -0.2) is 37.6 Å². The van der Waals surface area contributed by atoms with E-state index in [1.807, 2.05) is 0 Å². The third kappa shape index (κ3) is 4.14. The van der Waals surface area contributed by atoms with Crippen LogP contribution in [-0.2, 0) is 10.0 Å². The lowest BCUT2D eigenvalue weighted by Gasteiger charge is -2.08. The minimum absolute atomic E-state index is 0.00739. The number of aromatic amines is 1. The quantitative estimate of drug-likeness (QED) is 0.679. The fraction of sp³-hybridized carbons (Fsp3) is 0.286. The zero-order valence-electron chi connectivity index (χ0n) is 12.7. The molecule has 1 amide bonds. The average Bonchev–Trinajstić information content (AvgIpc) is 2.83. The van der Waals surface area contributed by atoms with Gasteiger partial charge in [0.1, 0.15) is 10.7 Å². The van der Waals surface area contributed by atoms with Gasteiger partial charge in [-0.3, -0.25) is 9.89 Å². The molecule has 3 N–H and O–H groups in total. The second-order valence-electron chi connectivity index (χ2n) is 4.93. The highest BCUT2D eigenvalue weighted by Crippen LogP contribution is 2.15. The molecule has 0 aliphatic carbocycles. The molecule has 2 aromatic rings. The van der Waals surface area contributed by atoms with E-state index in [1.54, 1.807) is 13.8 Å². The Balaban J connectivity index is 1.89. The number of hydrogen-bond donors (Lipinski definition) is 3. The summed E-state index contributed by atoms with van der Waals surface area (Å²) in [5.41, 5.74) is 0.993. The monoisotopic (exact) mass is 340 g/mol. The number of rotatable bonds is 6. The maximum atomic E-state index is 13.0. The van der Waals surface area contributed by atoms with E-state index in [1.165, 1.54) is 18.2 Å². The SMILES string of the molecule is Cc1n[nH]c(C)c1S(=O)(=O)NCCNC(=O)c1cccc(F)c1. The molecule has 0 unspecified atom stereocenters. The van der Waals surface area contributed by atoms with Crippen molar-refractivity contribution in [2.75, 3.05) is 13.1 Å². The molecule has 124 valence electrons. The van der Waals surface area contributed by atoms with Gasteiger partial charge in [0.15, 0.2) is 0 Å². The number of H-pyrrole nitrogens is 1. The summed E-state index contributed by atoms with van der Waals surface area (Å²) in [6.07, 6.45) is 0. The second-order valence-corrected chi connectivity index (χ2v) is 6.63. The van der Waals surface area contributed by atoms with Crippen molar-refractivity contribution in [2.24, 2.45) is 0 Å². The fourth-order valence-corrected chi connectivity index (χ4v) is 3.50. The number of carbonyl (C=O) groups excluding carboxylic acids is 1. The van der Waals surface area contributed by atoms with Gasteiger partial charge in [-0.25, -0.2) is 17.5 Å². The first-order valence-corrected chi connectivity index (χ1v) is 8.34. The topological polar surface area (TPSA) is 104 Å². The second kappa shape index (κ2) is 6.88. The summed E-state index contributed by atoms with van der Waals surface area (Å²) in [7, 11) is -3.70. The Morgan fingerprint density at radius 1 is 1.30 bits per heavy atom. The van der Waals surface area contributed by atoms with Gasteiger partial charge >= 0.3 is 0 Å². The Labute approximate surface area is 133 Å². The third-order valence-corrected chi connectivity index (χ3v) is 4.84. The number of nitrogens with zero attached hydrogens (tertiary/aromatic N) is 1. The number of halogens is 1. The molecule has 0 saturated heterocycles. The van der Waals surface area contributed by atoms with Gasteiger partial charge in [0, 0.05) is 18.7 Å². The van der Waals surface area contributed by atoms with Crippen LogP contribution in [0.4, 0.5) is 4.39 Å². The highest BCUT2D eigenvalue weighted by atomic mass is 32.2. The van der Waals surface area contributed by atoms with Crippen LogP contribution >= 0.6 is 0 Å². The molecule has 7 nitrogen and oxygen atoms in total. The normalized spacial score (nSPS) is 11.4. The van der Waals surface area contributed by atoms with Crippen LogP contribution in [0.3, 0.4) is 0 Å². The minimum atomic E-state index is -3.70. The summed E-state index contributed by atoms with van der Waals surface area (Å²) in [6.45, 7) is 3.28. The standard InChI is InChI=1S/C14H17FN4O3S/c1-9-13(10(2)19-18-9)23(21,22)17-7-6-16-14(20)11-4-3-5-12(15)8-11/h3-5,8,17H,6-7H2,1-2H3,(H,16,20)(H,18,19). The molecule has 0 aliphatic heterocycles. The van der Waals surface area contributed by atoms with Gasteiger partial charge in [0.2, 0.25) is 10.0 Å². The van der Waals surface area contributed by atoms with Crippen molar-refractivity contribution in [1.29, 1.82) is 0 Å². The Bertz CT molecular complexity index is 798. The van der Waals surface area contributed by atoms with Crippen LogP contribution < -0.4 is 10.0 Å². The third-order valence-electron chi connectivity index (χ3n) is 3.12. The van der Waals surface area contributed by atoms with E-state index < -0.39 is 21.7 Å². The molecule has 0 radical (unpaired) electrons. The first-order chi connectivity index (χ1) is 10.8. The predicted molar refractivity (Wildman–Crippen MR) is 82.0 cm³/mol. The van der Waals surface area contributed by atoms with Gasteiger partial charge in [-0.15, -0.1) is 0 Å². The molecule has 1 aromatic heterocycles. The molecule has 0 saturated carbocycles. The number of amides is 1. The molecule has 0 aliphatic rings. The predicted octanol–water partition coefficient (Wildman–Crippen LogP) is 0.874. The molecule has 1 aromatic carbocycles. The summed E-state index contributed by atoms with van der Waals surface area (Å²) < 4.78 is 39.7. The first kappa shape index (κ1) is 17.1. The number of nitrogens with one attached hydrogen (secondary N) is 3. The number of benzene rings is 1. The summed E-state index contributed by atoms with van der Waals surface area (Å²) in [6, 6.07) is 5.25. The van der Waals surface area contributed by atoms with Crippen LogP contribution in [0.5, 0.6) is 0 Å². The Morgan fingerprint density at radius 3 is 2.65 bits per heavy atom. The van der Waals surface area contributed by atoms with Gasteiger partial charge in [0.05, 0.1) is 11.4 Å². The van der Waals surface area contributed by atoms with E-state index in [-0.39, 0.29) is 23.5 Å². The smallest absolute Gasteiger partial charge is 0.251 e. The molecule has 0 fully saturated rings. The van der Waals surface area contributed by atoms with E-state index >= 15 is 0 Å². The van der Waals surface area contributed by atoms with Crippen LogP contribution in [0.1, 0.15) is 21.7 Å². The highest BCUT2D eigenvalue weighted by Gasteiger charge is 2.21. The van der Waals surface area contributed by atoms with E-state index in [0.29, 0.717) is 11.4 Å². The molecule has 9 heteroatoms. The van der Waals surface area contributed by atoms with E-state index in [2.05, 4.69) is 20.2 Å². The zero-order chi connectivity index (χ0) is 17.0. The van der Waals surface area contributed by atoms with Gasteiger partial charge in [-0.2, -0.15) is 5.10 Å². The molecule has 2 rings (SSSR count). The summed E-state index contributed by atoms with van der Waals surface area (Å²) in [5, 5.41) is 8.96. The van der Waals surface area contributed by atoms with Crippen LogP contribution in [0.25, 0.3) is 0 Å². The maximum absolute atomic E-state index is 13.0. The molecular weight excluding hydrogens is 323 g/mol. The van der Waals surface area contributed by atoms with Crippen molar-refractivity contribution in [3.05, 3.63) is 47.0 Å². The average molecular weight is 340 g/mol. The van der Waals surface area contributed by atoms with Crippen LogP contribution in [0.2, 0.25) is 0 Å². The molecule has 0 spiro atoms. The molecule has 0 atom stereocenters. The number of sulfonamides is 1. The lowest BCUT2D eigenvalue weighted by atomic mass is 10.2. The molecule has 23 heavy (non-hydrogen) atoms. The maximum Gasteiger partial charge on any atom is 0.251 e. The van der Waals surface area contributed by atoms with E-state index in [4.69, 9.17) is 0 Å². The van der Waals surface area contributed by atoms with Crippen molar-refractivity contribution >= 4 is 15.9 Å². The number of hydrogen-bond acceptors (Lipinski definition) is 4. The molecular formula is C14H17FN4O3S. The Morgan fingerprint density at radius 2 is 2.04 bits per heavy atom. The van der Waals surface area contributed by atoms with Gasteiger partial charge in [-0.1, -0.05) is 6.07 Å². The first-order valence-electron chi connectivity index (χ1n) is 6.86. The Kier molecular flexibility index (Phi) is 5.12. The van der Waals surface area contributed by atoms with Gasteiger partial charge in [-0.05, 0) is 32.0 Å². The van der Waals surface area contributed by atoms with Crippen molar-refractivity contribution in [3.8, 4) is 0 Å². The number of carbonyl (C=O) groups is 1. The van der Waals surface area contributed by atoms with Gasteiger partial charge < -0.3 is 5.32 Å². The lowest BCUT2D eigenvalue weighted by molar-refractivity contribution is 0.0954. The highest BCUT2D eigenvalue weighted by molar-refractivity contribution is 7.89. The van der Waals surface area contributed by atoms with Crippen LogP contribution in [0, 0.1) is 19.7 Å². The van der Waals surface area contributed by atoms with Crippen molar-refractivity contribution in [2.45, 2.75) is 18.7 Å². The summed E-state index contributed by atoms with van der Waals surface area (Å²) >= 11 is 0. The summed E-state index contributed by atoms with van der Waals surface area (Å²) in [5.74, 6) is -0.983. The lowest BCUT2D eigenvalue weighted by Crippen LogP contribution is -2.35. The van der Waals surface area contributed by atoms with Gasteiger partial charge in [0.25, 0.3) is 5.91 Å². The summed E-state index contributed by atoms with van der Waals surface area (Å²) in [4.78, 5) is 11.9. The largest absolute Gasteiger partial charge is 0.351 e. The number of aromatic nitrogens is 2. The number of aryl methyl sites for hydroxylation is 2. The molecule has 1 heterocycles. The van der Waals surface area contributed by atoms with Crippen molar-refractivity contribution in [3.63, 3.8) is 0 Å². The molecule has 0 bridgehead atoms. The fourth-order valence-electron chi connectivity index (χ4n) is 2.10. The minimum Gasteiger partial charge on any atom is -0.351 e. The van der Waals surface area contributed by atoms with Crippen LogP contribution in [0.15, 0.2) is 29.2 Å². The Hall–Kier alpha value is -2.26. The van der Waals surface area contributed by atoms with Crippen molar-refractivity contribution in [1.82, 2.24) is 20.2 Å². The van der Waals surface area contributed by atoms with E-state index in [0.717, 1.165) is 6.07 Å².